The van der Waals surface area contributed by atoms with Gasteiger partial charge in [-0.1, -0.05) is 24.3 Å². The van der Waals surface area contributed by atoms with Crippen molar-refractivity contribution in [3.63, 3.8) is 0 Å². The summed E-state index contributed by atoms with van der Waals surface area (Å²) in [6.07, 6.45) is 3.52. The largest absolute Gasteiger partial charge is 0.395 e. The molecule has 0 atom stereocenters. The van der Waals surface area contributed by atoms with Crippen LogP contribution in [0.15, 0.2) is 73.1 Å². The van der Waals surface area contributed by atoms with Crippen LogP contribution in [0.1, 0.15) is 21.5 Å². The van der Waals surface area contributed by atoms with Crippen LogP contribution in [0.25, 0.3) is 16.6 Å². The molecular formula is C24H21N5O2. The van der Waals surface area contributed by atoms with Crippen molar-refractivity contribution in [2.24, 2.45) is 5.73 Å². The number of fused-ring (bicyclic) bond motifs is 1. The maximum absolute atomic E-state index is 13.3. The first kappa shape index (κ1) is 20.3. The first-order valence-electron chi connectivity index (χ1n) is 9.84. The molecule has 2 heterocycles. The summed E-state index contributed by atoms with van der Waals surface area (Å²) in [5.41, 5.74) is 11.0. The van der Waals surface area contributed by atoms with Gasteiger partial charge in [0.25, 0.3) is 5.91 Å². The van der Waals surface area contributed by atoms with E-state index in [9.17, 15) is 9.90 Å². The van der Waals surface area contributed by atoms with E-state index in [-0.39, 0.29) is 19.1 Å². The monoisotopic (exact) mass is 411 g/mol. The van der Waals surface area contributed by atoms with E-state index in [0.717, 1.165) is 22.2 Å². The fraction of sp³-hybridized carbons (Fsp3) is 0.125. The number of nitrogens with zero attached hydrogens (tertiary/aromatic N) is 4. The summed E-state index contributed by atoms with van der Waals surface area (Å²) in [6.45, 7) is 0.436. The number of nitrogens with two attached hydrogens (primary N) is 1. The second-order valence-corrected chi connectivity index (χ2v) is 7.04. The SMILES string of the molecule is N#Cc1ccc(N(CCO)C(=O)c2ccn3ncc(-c4ccc(CN)cc4)c3c2)cc1. The lowest BCUT2D eigenvalue weighted by atomic mass is 10.0. The molecule has 2 aromatic carbocycles. The molecule has 4 aromatic rings. The number of aliphatic hydroxyl groups is 1. The van der Waals surface area contributed by atoms with Gasteiger partial charge < -0.3 is 15.7 Å². The smallest absolute Gasteiger partial charge is 0.258 e. The Morgan fingerprint density at radius 1 is 1.13 bits per heavy atom. The molecule has 0 aliphatic rings. The Morgan fingerprint density at radius 3 is 2.52 bits per heavy atom. The summed E-state index contributed by atoms with van der Waals surface area (Å²) in [4.78, 5) is 14.8. The van der Waals surface area contributed by atoms with Crippen LogP contribution in [-0.4, -0.2) is 33.8 Å². The van der Waals surface area contributed by atoms with Gasteiger partial charge in [-0.25, -0.2) is 4.52 Å². The van der Waals surface area contributed by atoms with Crippen molar-refractivity contribution >= 4 is 17.1 Å². The minimum absolute atomic E-state index is 0.141. The van der Waals surface area contributed by atoms with Crippen LogP contribution in [0.5, 0.6) is 0 Å². The number of rotatable bonds is 6. The maximum Gasteiger partial charge on any atom is 0.258 e. The zero-order chi connectivity index (χ0) is 21.8. The Hall–Kier alpha value is -3.99. The molecule has 154 valence electrons. The van der Waals surface area contributed by atoms with Gasteiger partial charge in [-0.3, -0.25) is 4.79 Å². The molecule has 0 saturated heterocycles. The van der Waals surface area contributed by atoms with Crippen molar-refractivity contribution < 1.29 is 9.90 Å². The van der Waals surface area contributed by atoms with Crippen LogP contribution in [0.2, 0.25) is 0 Å². The minimum atomic E-state index is -0.244. The quantitative estimate of drug-likeness (QED) is 0.507. The molecule has 0 aliphatic carbocycles. The molecule has 0 bridgehead atoms. The fourth-order valence-electron chi connectivity index (χ4n) is 3.48. The summed E-state index contributed by atoms with van der Waals surface area (Å²) in [5, 5.41) is 22.9. The maximum atomic E-state index is 13.3. The second kappa shape index (κ2) is 8.79. The highest BCUT2D eigenvalue weighted by atomic mass is 16.3. The lowest BCUT2D eigenvalue weighted by molar-refractivity contribution is 0.0981. The number of amides is 1. The molecule has 0 aliphatic heterocycles. The Morgan fingerprint density at radius 2 is 1.87 bits per heavy atom. The molecule has 0 unspecified atom stereocenters. The number of hydrogen-bond donors (Lipinski definition) is 2. The third-order valence-corrected chi connectivity index (χ3v) is 5.15. The lowest BCUT2D eigenvalue weighted by Crippen LogP contribution is -2.33. The fourth-order valence-corrected chi connectivity index (χ4v) is 3.48. The van der Waals surface area contributed by atoms with Crippen LogP contribution < -0.4 is 10.6 Å². The molecule has 3 N–H and O–H groups in total. The molecule has 31 heavy (non-hydrogen) atoms. The Labute approximate surface area is 179 Å². The molecule has 0 spiro atoms. The zero-order valence-corrected chi connectivity index (χ0v) is 16.8. The van der Waals surface area contributed by atoms with Crippen molar-refractivity contribution in [3.05, 3.63) is 89.7 Å². The molecule has 7 nitrogen and oxygen atoms in total. The first-order valence-corrected chi connectivity index (χ1v) is 9.84. The minimum Gasteiger partial charge on any atom is -0.395 e. The number of pyridine rings is 1. The lowest BCUT2D eigenvalue weighted by Gasteiger charge is -2.22. The number of nitriles is 1. The standard InChI is InChI=1S/C24H21N5O2/c25-14-17-1-5-19(6-2-17)22-16-27-29-10-9-20(13-23(22)29)24(31)28(11-12-30)21-7-3-18(15-26)4-8-21/h1-10,13,16,30H,11-12,14,25H2. The van der Waals surface area contributed by atoms with Crippen molar-refractivity contribution in [3.8, 4) is 17.2 Å². The van der Waals surface area contributed by atoms with E-state index >= 15 is 0 Å². The molecule has 2 aromatic heterocycles. The van der Waals surface area contributed by atoms with Crippen molar-refractivity contribution in [1.29, 1.82) is 5.26 Å². The van der Waals surface area contributed by atoms with Crippen LogP contribution in [0, 0.1) is 11.3 Å². The van der Waals surface area contributed by atoms with Crippen LogP contribution in [0.3, 0.4) is 0 Å². The molecule has 1 amide bonds. The van der Waals surface area contributed by atoms with Crippen LogP contribution >= 0.6 is 0 Å². The molecular weight excluding hydrogens is 390 g/mol. The Bertz CT molecular complexity index is 1250. The van der Waals surface area contributed by atoms with Gasteiger partial charge in [-0.05, 0) is 47.5 Å². The molecule has 0 radical (unpaired) electrons. The number of carbonyl (C=O) groups is 1. The molecule has 4 rings (SSSR count). The van der Waals surface area contributed by atoms with Gasteiger partial charge in [0.05, 0.1) is 30.0 Å². The van der Waals surface area contributed by atoms with Crippen molar-refractivity contribution in [2.45, 2.75) is 6.54 Å². The van der Waals surface area contributed by atoms with E-state index in [1.807, 2.05) is 24.3 Å². The third kappa shape index (κ3) is 4.03. The van der Waals surface area contributed by atoms with Gasteiger partial charge in [-0.2, -0.15) is 10.4 Å². The summed E-state index contributed by atoms with van der Waals surface area (Å²) < 4.78 is 1.72. The van der Waals surface area contributed by atoms with Gasteiger partial charge in [0, 0.05) is 36.1 Å². The van der Waals surface area contributed by atoms with Gasteiger partial charge in [0.2, 0.25) is 0 Å². The highest BCUT2D eigenvalue weighted by molar-refractivity contribution is 6.07. The average Bonchev–Trinajstić information content (AvgIpc) is 3.25. The van der Waals surface area contributed by atoms with Crippen molar-refractivity contribution in [1.82, 2.24) is 9.61 Å². The summed E-state index contributed by atoms with van der Waals surface area (Å²) >= 11 is 0. The van der Waals surface area contributed by atoms with E-state index in [1.54, 1.807) is 53.3 Å². The van der Waals surface area contributed by atoms with E-state index in [0.29, 0.717) is 23.4 Å². The normalized spacial score (nSPS) is 10.7. The third-order valence-electron chi connectivity index (χ3n) is 5.15. The van der Waals surface area contributed by atoms with Gasteiger partial charge >= 0.3 is 0 Å². The van der Waals surface area contributed by atoms with E-state index in [2.05, 4.69) is 11.2 Å². The average molecular weight is 411 g/mol. The summed E-state index contributed by atoms with van der Waals surface area (Å²) in [7, 11) is 0. The second-order valence-electron chi connectivity index (χ2n) is 7.04. The number of anilines is 1. The van der Waals surface area contributed by atoms with Crippen molar-refractivity contribution in [2.75, 3.05) is 18.1 Å². The topological polar surface area (TPSA) is 108 Å². The van der Waals surface area contributed by atoms with Crippen LogP contribution in [-0.2, 0) is 6.54 Å². The predicted octanol–water partition coefficient (Wildman–Crippen LogP) is 2.97. The number of carbonyl (C=O) groups excluding carboxylic acids is 1. The number of benzene rings is 2. The van der Waals surface area contributed by atoms with E-state index in [4.69, 9.17) is 11.0 Å². The highest BCUT2D eigenvalue weighted by Crippen LogP contribution is 2.26. The molecule has 0 saturated carbocycles. The number of hydrogen-bond acceptors (Lipinski definition) is 5. The highest BCUT2D eigenvalue weighted by Gasteiger charge is 2.19. The first-order chi connectivity index (χ1) is 15.1. The Kier molecular flexibility index (Phi) is 5.76. The van der Waals surface area contributed by atoms with Gasteiger partial charge in [-0.15, -0.1) is 0 Å². The molecule has 7 heteroatoms. The number of aromatic nitrogens is 2. The number of aliphatic hydroxyl groups excluding tert-OH is 1. The Balaban J connectivity index is 1.71. The molecule has 0 fully saturated rings. The summed E-state index contributed by atoms with van der Waals surface area (Å²) in [6, 6.07) is 20.2. The van der Waals surface area contributed by atoms with E-state index < -0.39 is 0 Å². The predicted molar refractivity (Wildman–Crippen MR) is 118 cm³/mol. The van der Waals surface area contributed by atoms with Crippen LogP contribution in [0.4, 0.5) is 5.69 Å². The van der Waals surface area contributed by atoms with Gasteiger partial charge in [0.1, 0.15) is 0 Å². The van der Waals surface area contributed by atoms with E-state index in [1.165, 1.54) is 4.90 Å². The zero-order valence-electron chi connectivity index (χ0n) is 16.8. The summed E-state index contributed by atoms with van der Waals surface area (Å²) in [5.74, 6) is -0.244. The van der Waals surface area contributed by atoms with Gasteiger partial charge in [0.15, 0.2) is 0 Å².